The van der Waals surface area contributed by atoms with E-state index in [4.69, 9.17) is 9.94 Å². The number of benzene rings is 2. The van der Waals surface area contributed by atoms with Crippen LogP contribution in [0.2, 0.25) is 0 Å². The molecular weight excluding hydrogens is 278 g/mol. The Bertz CT molecular complexity index is 655. The standard InChI is InChI=1S/C18H19NO3/c20-18(19-21)17(14-7-2-1-3-8-14)22-16-11-10-13-6-4-5-9-15(13)12-16/h1-3,7-8,10-12,17,21H,4-6,9H2,(H,19,20)/t17-/m1/s1. The van der Waals surface area contributed by atoms with Crippen LogP contribution in [0, 0.1) is 0 Å². The lowest BCUT2D eigenvalue weighted by Crippen LogP contribution is -2.30. The summed E-state index contributed by atoms with van der Waals surface area (Å²) < 4.78 is 5.85. The van der Waals surface area contributed by atoms with Crippen LogP contribution >= 0.6 is 0 Å². The molecule has 1 atom stereocenters. The third-order valence-electron chi connectivity index (χ3n) is 4.02. The van der Waals surface area contributed by atoms with E-state index in [0.717, 1.165) is 12.8 Å². The predicted molar refractivity (Wildman–Crippen MR) is 82.8 cm³/mol. The minimum Gasteiger partial charge on any atom is -0.476 e. The summed E-state index contributed by atoms with van der Waals surface area (Å²) in [4.78, 5) is 11.9. The summed E-state index contributed by atoms with van der Waals surface area (Å²) in [7, 11) is 0. The van der Waals surface area contributed by atoms with Gasteiger partial charge in [0, 0.05) is 5.56 Å². The molecule has 0 bridgehead atoms. The van der Waals surface area contributed by atoms with E-state index in [-0.39, 0.29) is 0 Å². The Balaban J connectivity index is 1.86. The first kappa shape index (κ1) is 14.6. The van der Waals surface area contributed by atoms with Crippen molar-refractivity contribution in [3.05, 3.63) is 65.2 Å². The maximum Gasteiger partial charge on any atom is 0.289 e. The molecule has 0 aromatic heterocycles. The number of nitrogens with one attached hydrogen (secondary N) is 1. The Labute approximate surface area is 129 Å². The fraction of sp³-hybridized carbons (Fsp3) is 0.278. The molecule has 4 nitrogen and oxygen atoms in total. The number of rotatable bonds is 4. The van der Waals surface area contributed by atoms with Crippen LogP contribution in [0.5, 0.6) is 5.75 Å². The Morgan fingerprint density at radius 2 is 1.77 bits per heavy atom. The number of hydroxylamine groups is 1. The first-order valence-electron chi connectivity index (χ1n) is 7.55. The molecule has 1 aliphatic rings. The number of amides is 1. The molecule has 0 aliphatic heterocycles. The average Bonchev–Trinajstić information content (AvgIpc) is 2.59. The molecule has 1 aliphatic carbocycles. The number of carbonyl (C=O) groups excluding carboxylic acids is 1. The van der Waals surface area contributed by atoms with Crippen molar-refractivity contribution in [2.24, 2.45) is 0 Å². The minimum absolute atomic E-state index is 0.580. The van der Waals surface area contributed by atoms with E-state index in [1.54, 1.807) is 17.6 Å². The lowest BCUT2D eigenvalue weighted by molar-refractivity contribution is -0.136. The van der Waals surface area contributed by atoms with Gasteiger partial charge in [0.1, 0.15) is 5.75 Å². The second-order valence-corrected chi connectivity index (χ2v) is 5.52. The van der Waals surface area contributed by atoms with Crippen LogP contribution in [0.15, 0.2) is 48.5 Å². The summed E-state index contributed by atoms with van der Waals surface area (Å²) in [6, 6.07) is 15.1. The zero-order valence-electron chi connectivity index (χ0n) is 12.3. The maximum absolute atomic E-state index is 11.9. The van der Waals surface area contributed by atoms with E-state index in [9.17, 15) is 4.79 Å². The van der Waals surface area contributed by atoms with E-state index >= 15 is 0 Å². The molecule has 2 aromatic rings. The lowest BCUT2D eigenvalue weighted by atomic mass is 9.92. The first-order chi connectivity index (χ1) is 10.8. The molecule has 3 rings (SSSR count). The summed E-state index contributed by atoms with van der Waals surface area (Å²) in [6.45, 7) is 0. The zero-order chi connectivity index (χ0) is 15.4. The fourth-order valence-corrected chi connectivity index (χ4v) is 2.88. The van der Waals surface area contributed by atoms with Crippen LogP contribution in [-0.2, 0) is 17.6 Å². The topological polar surface area (TPSA) is 58.6 Å². The molecule has 114 valence electrons. The molecule has 0 spiro atoms. The molecule has 0 unspecified atom stereocenters. The van der Waals surface area contributed by atoms with Crippen molar-refractivity contribution in [3.8, 4) is 5.75 Å². The molecule has 4 heteroatoms. The summed E-state index contributed by atoms with van der Waals surface area (Å²) in [5, 5.41) is 8.96. The highest BCUT2D eigenvalue weighted by molar-refractivity contribution is 5.81. The van der Waals surface area contributed by atoms with Gasteiger partial charge in [-0.1, -0.05) is 36.4 Å². The van der Waals surface area contributed by atoms with Gasteiger partial charge < -0.3 is 4.74 Å². The van der Waals surface area contributed by atoms with Crippen LogP contribution in [0.25, 0.3) is 0 Å². The third kappa shape index (κ3) is 3.12. The number of aryl methyl sites for hydroxylation is 2. The highest BCUT2D eigenvalue weighted by Crippen LogP contribution is 2.28. The van der Waals surface area contributed by atoms with Gasteiger partial charge in [-0.2, -0.15) is 0 Å². The first-order valence-corrected chi connectivity index (χ1v) is 7.55. The van der Waals surface area contributed by atoms with Crippen LogP contribution in [0.4, 0.5) is 0 Å². The Morgan fingerprint density at radius 3 is 2.50 bits per heavy atom. The van der Waals surface area contributed by atoms with Crippen LogP contribution in [0.3, 0.4) is 0 Å². The van der Waals surface area contributed by atoms with Gasteiger partial charge in [0.05, 0.1) is 0 Å². The lowest BCUT2D eigenvalue weighted by Gasteiger charge is -2.20. The van der Waals surface area contributed by atoms with Crippen molar-refractivity contribution in [3.63, 3.8) is 0 Å². The smallest absolute Gasteiger partial charge is 0.289 e. The summed E-state index contributed by atoms with van der Waals surface area (Å²) >= 11 is 0. The Kier molecular flexibility index (Phi) is 4.39. The average molecular weight is 297 g/mol. The summed E-state index contributed by atoms with van der Waals surface area (Å²) in [6.07, 6.45) is 3.71. The minimum atomic E-state index is -0.868. The molecule has 0 saturated carbocycles. The van der Waals surface area contributed by atoms with Crippen LogP contribution in [-0.4, -0.2) is 11.1 Å². The number of carbonyl (C=O) groups is 1. The van der Waals surface area contributed by atoms with Gasteiger partial charge in [0.15, 0.2) is 0 Å². The maximum atomic E-state index is 11.9. The SMILES string of the molecule is O=C(NO)[C@H](Oc1ccc2c(c1)CCCC2)c1ccccc1. The zero-order valence-corrected chi connectivity index (χ0v) is 12.3. The molecule has 2 aromatic carbocycles. The monoisotopic (exact) mass is 297 g/mol. The van der Waals surface area contributed by atoms with Gasteiger partial charge in [0.25, 0.3) is 5.91 Å². The second kappa shape index (κ2) is 6.62. The molecule has 0 saturated heterocycles. The number of fused-ring (bicyclic) bond motifs is 1. The van der Waals surface area contributed by atoms with Gasteiger partial charge >= 0.3 is 0 Å². The second-order valence-electron chi connectivity index (χ2n) is 5.52. The largest absolute Gasteiger partial charge is 0.476 e. The van der Waals surface area contributed by atoms with Crippen molar-refractivity contribution >= 4 is 5.91 Å². The van der Waals surface area contributed by atoms with E-state index in [2.05, 4.69) is 6.07 Å². The molecule has 22 heavy (non-hydrogen) atoms. The highest BCUT2D eigenvalue weighted by Gasteiger charge is 2.22. The van der Waals surface area contributed by atoms with Gasteiger partial charge in [-0.05, 0) is 48.9 Å². The fourth-order valence-electron chi connectivity index (χ4n) is 2.88. The van der Waals surface area contributed by atoms with E-state index in [1.165, 1.54) is 24.0 Å². The van der Waals surface area contributed by atoms with Gasteiger partial charge in [-0.25, -0.2) is 5.48 Å². The number of hydrogen-bond acceptors (Lipinski definition) is 3. The van der Waals surface area contributed by atoms with Crippen molar-refractivity contribution in [1.29, 1.82) is 0 Å². The Hall–Kier alpha value is -2.33. The van der Waals surface area contributed by atoms with Gasteiger partial charge in [0.2, 0.25) is 6.10 Å². The molecular formula is C18H19NO3. The third-order valence-corrected chi connectivity index (χ3v) is 4.02. The van der Waals surface area contributed by atoms with Crippen LogP contribution < -0.4 is 10.2 Å². The molecule has 0 fully saturated rings. The van der Waals surface area contributed by atoms with Crippen molar-refractivity contribution < 1.29 is 14.7 Å². The number of ether oxygens (including phenoxy) is 1. The van der Waals surface area contributed by atoms with E-state index in [1.807, 2.05) is 30.3 Å². The Morgan fingerprint density at radius 1 is 1.05 bits per heavy atom. The summed E-state index contributed by atoms with van der Waals surface area (Å²) in [5.41, 5.74) is 5.04. The van der Waals surface area contributed by atoms with Gasteiger partial charge in [-0.3, -0.25) is 10.0 Å². The predicted octanol–water partition coefficient (Wildman–Crippen LogP) is 3.19. The van der Waals surface area contributed by atoms with Crippen molar-refractivity contribution in [2.45, 2.75) is 31.8 Å². The summed E-state index contributed by atoms with van der Waals surface area (Å²) in [5.74, 6) is 0.0713. The highest BCUT2D eigenvalue weighted by atomic mass is 16.5. The normalized spacial score (nSPS) is 14.8. The van der Waals surface area contributed by atoms with Gasteiger partial charge in [-0.15, -0.1) is 0 Å². The quantitative estimate of drug-likeness (QED) is 0.673. The van der Waals surface area contributed by atoms with Crippen LogP contribution in [0.1, 0.15) is 35.6 Å². The van der Waals surface area contributed by atoms with E-state index in [0.29, 0.717) is 11.3 Å². The molecule has 0 radical (unpaired) electrons. The molecule has 2 N–H and O–H groups in total. The molecule has 1 amide bonds. The van der Waals surface area contributed by atoms with E-state index < -0.39 is 12.0 Å². The van der Waals surface area contributed by atoms with Crippen molar-refractivity contribution in [2.75, 3.05) is 0 Å². The van der Waals surface area contributed by atoms with Crippen molar-refractivity contribution in [1.82, 2.24) is 5.48 Å². The number of hydrogen-bond donors (Lipinski definition) is 2. The molecule has 0 heterocycles.